The molecule has 2 fully saturated rings. The zero-order chi connectivity index (χ0) is 38.6. The summed E-state index contributed by atoms with van der Waals surface area (Å²) >= 11 is 0. The first-order valence-corrected chi connectivity index (χ1v) is 20.8. The van der Waals surface area contributed by atoms with E-state index in [1.807, 2.05) is 12.4 Å². The van der Waals surface area contributed by atoms with Gasteiger partial charge in [-0.3, -0.25) is 24.4 Å². The molecule has 1 saturated heterocycles. The van der Waals surface area contributed by atoms with Gasteiger partial charge in [-0.15, -0.1) is 0 Å². The molecular weight excluding hydrogens is 655 g/mol. The molecule has 1 aliphatic carbocycles. The third-order valence-corrected chi connectivity index (χ3v) is 11.7. The van der Waals surface area contributed by atoms with Crippen molar-refractivity contribution >= 4 is 18.4 Å². The molecule has 53 heavy (non-hydrogen) atoms. The summed E-state index contributed by atoms with van der Waals surface area (Å²) in [6.45, 7) is 25.5. The number of phenols is 2. The van der Waals surface area contributed by atoms with Crippen molar-refractivity contribution < 1.29 is 14.8 Å². The van der Waals surface area contributed by atoms with E-state index in [9.17, 15) is 10.2 Å². The van der Waals surface area contributed by atoms with Crippen molar-refractivity contribution in [3.63, 3.8) is 0 Å². The Morgan fingerprint density at radius 3 is 1.85 bits per heavy atom. The van der Waals surface area contributed by atoms with Gasteiger partial charge >= 0.3 is 5.96 Å². The van der Waals surface area contributed by atoms with Crippen LogP contribution in [-0.2, 0) is 22.7 Å². The van der Waals surface area contributed by atoms with Crippen LogP contribution in [0.1, 0.15) is 160 Å². The highest BCUT2D eigenvalue weighted by molar-refractivity contribution is 5.86. The summed E-state index contributed by atoms with van der Waals surface area (Å²) in [6, 6.07) is 8.72. The summed E-state index contributed by atoms with van der Waals surface area (Å²) in [6.07, 6.45) is 16.4. The molecule has 0 aromatic heterocycles. The van der Waals surface area contributed by atoms with Gasteiger partial charge < -0.3 is 10.2 Å². The number of aromatic hydroxyl groups is 2. The number of nitrogens with zero attached hydrogens (tertiary/aromatic N) is 5. The number of guanidine groups is 1. The number of aryl methyl sites for hydroxylation is 1. The van der Waals surface area contributed by atoms with Crippen LogP contribution in [0.25, 0.3) is 0 Å². The third kappa shape index (κ3) is 10.5. The molecule has 292 valence electrons. The molecule has 0 spiro atoms. The van der Waals surface area contributed by atoms with E-state index in [0.717, 1.165) is 67.3 Å². The topological polar surface area (TPSA) is 74.7 Å². The Kier molecular flexibility index (Phi) is 13.1. The first kappa shape index (κ1) is 40.8. The lowest BCUT2D eigenvalue weighted by Gasteiger charge is -2.36. The maximum Gasteiger partial charge on any atom is 0.350 e. The van der Waals surface area contributed by atoms with Crippen LogP contribution in [0.2, 0.25) is 0 Å². The summed E-state index contributed by atoms with van der Waals surface area (Å²) < 4.78 is 2.46. The van der Waals surface area contributed by atoms with Crippen molar-refractivity contribution in [3.05, 3.63) is 57.6 Å². The molecule has 1 saturated carbocycles. The molecule has 2 aliphatic heterocycles. The van der Waals surface area contributed by atoms with E-state index < -0.39 is 0 Å². The van der Waals surface area contributed by atoms with Gasteiger partial charge in [0, 0.05) is 47.5 Å². The second-order valence-corrected chi connectivity index (χ2v) is 19.3. The van der Waals surface area contributed by atoms with E-state index in [0.29, 0.717) is 11.5 Å². The molecule has 2 N–H and O–H groups in total. The van der Waals surface area contributed by atoms with Crippen LogP contribution in [0.5, 0.6) is 11.5 Å². The van der Waals surface area contributed by atoms with Crippen molar-refractivity contribution in [2.45, 2.75) is 161 Å². The van der Waals surface area contributed by atoms with E-state index in [1.54, 1.807) is 0 Å². The van der Waals surface area contributed by atoms with Crippen LogP contribution in [-0.4, -0.2) is 94.8 Å². The maximum atomic E-state index is 11.5. The largest absolute Gasteiger partial charge is 0.507 e. The number of unbranched alkanes of at least 4 members (excludes halogenated alkanes) is 3. The van der Waals surface area contributed by atoms with Crippen LogP contribution in [0.3, 0.4) is 0 Å². The highest BCUT2D eigenvalue weighted by atomic mass is 16.3. The van der Waals surface area contributed by atoms with Gasteiger partial charge in [-0.25, -0.2) is 0 Å². The van der Waals surface area contributed by atoms with E-state index in [4.69, 9.17) is 9.98 Å². The average Bonchev–Trinajstić information content (AvgIpc) is 3.08. The zero-order valence-electron chi connectivity index (χ0n) is 35.1. The van der Waals surface area contributed by atoms with Gasteiger partial charge in [0.05, 0.1) is 51.9 Å². The van der Waals surface area contributed by atoms with E-state index in [-0.39, 0.29) is 28.3 Å². The number of aliphatic imine (C=N–C) groups is 2. The average molecular weight is 727 g/mol. The molecule has 2 unspecified atom stereocenters. The summed E-state index contributed by atoms with van der Waals surface area (Å²) in [5.74, 6) is 2.13. The molecule has 0 amide bonds. The van der Waals surface area contributed by atoms with Gasteiger partial charge in [-0.1, -0.05) is 100 Å². The summed E-state index contributed by atoms with van der Waals surface area (Å²) in [4.78, 5) is 15.5. The molecule has 2 aromatic carbocycles. The van der Waals surface area contributed by atoms with Crippen molar-refractivity contribution in [2.24, 2.45) is 9.98 Å². The quantitative estimate of drug-likeness (QED) is 0.138. The van der Waals surface area contributed by atoms with E-state index >= 15 is 0 Å². The molecule has 3 aliphatic rings. The monoisotopic (exact) mass is 727 g/mol. The van der Waals surface area contributed by atoms with Crippen molar-refractivity contribution in [2.75, 3.05) is 39.8 Å². The third-order valence-electron chi connectivity index (χ3n) is 11.7. The molecule has 2 heterocycles. The minimum absolute atomic E-state index is 0.0353. The first-order chi connectivity index (χ1) is 24.9. The summed E-state index contributed by atoms with van der Waals surface area (Å²) in [7, 11) is 2.26. The van der Waals surface area contributed by atoms with Crippen molar-refractivity contribution in [1.82, 2.24) is 9.80 Å². The minimum Gasteiger partial charge on any atom is -0.507 e. The normalized spacial score (nSPS) is 20.6. The lowest BCUT2D eigenvalue weighted by Crippen LogP contribution is -2.57. The van der Waals surface area contributed by atoms with Gasteiger partial charge in [0.15, 0.2) is 0 Å². The second kappa shape index (κ2) is 17.0. The fourth-order valence-corrected chi connectivity index (χ4v) is 8.43. The second-order valence-electron chi connectivity index (χ2n) is 19.3. The van der Waals surface area contributed by atoms with Crippen LogP contribution in [0.15, 0.2) is 34.3 Å². The Morgan fingerprint density at radius 2 is 1.25 bits per heavy atom. The van der Waals surface area contributed by atoms with Gasteiger partial charge in [0.2, 0.25) is 0 Å². The Balaban J connectivity index is 1.26. The van der Waals surface area contributed by atoms with Gasteiger partial charge in [0.1, 0.15) is 11.5 Å². The smallest absolute Gasteiger partial charge is 0.350 e. The van der Waals surface area contributed by atoms with Gasteiger partial charge in [-0.05, 0) is 71.6 Å². The molecular formula is C46H72N5O2+. The molecule has 2 atom stereocenters. The summed E-state index contributed by atoms with van der Waals surface area (Å²) in [5.41, 5.74) is 5.61. The fraction of sp³-hybridized carbons (Fsp3) is 0.674. The highest BCUT2D eigenvalue weighted by Gasteiger charge is 2.34. The number of hydrogen-bond donors (Lipinski definition) is 2. The Morgan fingerprint density at radius 1 is 0.679 bits per heavy atom. The van der Waals surface area contributed by atoms with Crippen molar-refractivity contribution in [3.8, 4) is 11.5 Å². The molecule has 0 radical (unpaired) electrons. The molecule has 2 aromatic rings. The standard InChI is InChI=1S/C46H71N5O2/c1-44(2,3)36-29-35(42(53)38(30-36)46(7,8)9)32-48-40-21-15-14-20-39(40)47-31-34-27-33(28-37(41(34)52)45(4,5)6)19-13-11-12-16-23-50-25-18-26-51-24-17-22-49(10)43(50)51/h27-32,39-40H,11-26H2,1-10H3,(H-,47,48,52,53)/p+1. The molecule has 0 bridgehead atoms. The van der Waals surface area contributed by atoms with Crippen molar-refractivity contribution in [1.29, 1.82) is 0 Å². The van der Waals surface area contributed by atoms with E-state index in [1.165, 1.54) is 75.4 Å². The molecule has 7 nitrogen and oxygen atoms in total. The van der Waals surface area contributed by atoms with Crippen LogP contribution in [0, 0.1) is 0 Å². The predicted molar refractivity (Wildman–Crippen MR) is 224 cm³/mol. The van der Waals surface area contributed by atoms with Gasteiger partial charge in [0.25, 0.3) is 0 Å². The first-order valence-electron chi connectivity index (χ1n) is 20.8. The number of hydrogen-bond acceptors (Lipinski definition) is 6. The highest BCUT2D eigenvalue weighted by Crippen LogP contribution is 2.38. The maximum absolute atomic E-state index is 11.5. The minimum atomic E-state index is -0.185. The zero-order valence-corrected chi connectivity index (χ0v) is 35.1. The SMILES string of the molecule is C[N+]1=C2N(CCCCCCc3cc(C=NC4CCCCC4N=Cc4cc(C(C)(C)C)cc(C(C)(C)C)c4O)c(O)c(C(C)(C)C)c3)CCCN2CCC1. The van der Waals surface area contributed by atoms with Crippen LogP contribution < -0.4 is 0 Å². The Bertz CT molecular complexity index is 1650. The predicted octanol–water partition coefficient (Wildman–Crippen LogP) is 9.35. The van der Waals surface area contributed by atoms with Gasteiger partial charge in [-0.2, -0.15) is 0 Å². The Hall–Kier alpha value is -3.35. The molecule has 5 rings (SSSR count). The fourth-order valence-electron chi connectivity index (χ4n) is 8.43. The van der Waals surface area contributed by atoms with E-state index in [2.05, 4.69) is 108 Å². The Labute approximate surface area is 322 Å². The number of rotatable bonds is 11. The number of fused-ring (bicyclic) bond motifs is 1. The number of phenolic OH excluding ortho intramolecular Hbond substituents is 2. The number of benzene rings is 2. The molecule has 7 heteroatoms. The lowest BCUT2D eigenvalue weighted by atomic mass is 9.79. The van der Waals surface area contributed by atoms with Crippen LogP contribution >= 0.6 is 0 Å². The lowest BCUT2D eigenvalue weighted by molar-refractivity contribution is -0.515. The van der Waals surface area contributed by atoms with Crippen LogP contribution in [0.4, 0.5) is 0 Å². The summed E-state index contributed by atoms with van der Waals surface area (Å²) in [5, 5.41) is 22.9.